The number of fused-ring (bicyclic) bond motifs is 1. The largest absolute Gasteiger partial charge is 0.383 e. The van der Waals surface area contributed by atoms with Crippen LogP contribution in [0.5, 0.6) is 0 Å². The number of nitrogens with one attached hydrogen (secondary N) is 1. The van der Waals surface area contributed by atoms with Gasteiger partial charge in [-0.05, 0) is 37.8 Å². The molecule has 2 heterocycles. The van der Waals surface area contributed by atoms with Gasteiger partial charge >= 0.3 is 0 Å². The van der Waals surface area contributed by atoms with Gasteiger partial charge in [0.05, 0.1) is 16.8 Å². The van der Waals surface area contributed by atoms with Crippen molar-refractivity contribution in [1.29, 1.82) is 0 Å². The van der Waals surface area contributed by atoms with E-state index in [0.29, 0.717) is 11.7 Å². The van der Waals surface area contributed by atoms with Crippen molar-refractivity contribution in [2.24, 2.45) is 0 Å². The maximum absolute atomic E-state index is 6.04. The summed E-state index contributed by atoms with van der Waals surface area (Å²) in [5.74, 6) is 0.877. The van der Waals surface area contributed by atoms with Gasteiger partial charge in [-0.3, -0.25) is 5.10 Å². The van der Waals surface area contributed by atoms with E-state index in [1.165, 1.54) is 16.7 Å². The van der Waals surface area contributed by atoms with Crippen LogP contribution in [0, 0.1) is 20.8 Å². The number of anilines is 1. The summed E-state index contributed by atoms with van der Waals surface area (Å²) >= 11 is 0. The monoisotopic (exact) mass is 283 g/mol. The zero-order valence-corrected chi connectivity index (χ0v) is 13.2. The molecule has 0 radical (unpaired) electrons. The average molecular weight is 283 g/mol. The Morgan fingerprint density at radius 1 is 1.14 bits per heavy atom. The summed E-state index contributed by atoms with van der Waals surface area (Å²) in [5, 5.41) is 13.0. The van der Waals surface area contributed by atoms with Crippen LogP contribution in [0.15, 0.2) is 12.1 Å². The highest BCUT2D eigenvalue weighted by Gasteiger charge is 2.21. The molecule has 0 bridgehead atoms. The quantitative estimate of drug-likeness (QED) is 0.757. The van der Waals surface area contributed by atoms with Crippen molar-refractivity contribution >= 4 is 16.9 Å². The van der Waals surface area contributed by atoms with Crippen LogP contribution in [-0.4, -0.2) is 20.0 Å². The minimum Gasteiger partial charge on any atom is -0.383 e. The first-order chi connectivity index (χ1) is 9.90. The first-order valence-corrected chi connectivity index (χ1v) is 7.20. The molecule has 3 aromatic rings. The van der Waals surface area contributed by atoms with Gasteiger partial charge in [-0.25, -0.2) is 4.68 Å². The molecular weight excluding hydrogens is 262 g/mol. The summed E-state index contributed by atoms with van der Waals surface area (Å²) < 4.78 is 1.92. The predicted octanol–water partition coefficient (Wildman–Crippen LogP) is 3.38. The molecule has 0 aliphatic rings. The minimum absolute atomic E-state index is 0.291. The van der Waals surface area contributed by atoms with E-state index in [-0.39, 0.29) is 0 Å². The van der Waals surface area contributed by atoms with Crippen molar-refractivity contribution in [1.82, 2.24) is 20.0 Å². The molecule has 1 aromatic carbocycles. The third kappa shape index (κ3) is 2.00. The van der Waals surface area contributed by atoms with E-state index in [9.17, 15) is 0 Å². The Morgan fingerprint density at radius 3 is 2.33 bits per heavy atom. The number of benzene rings is 1. The van der Waals surface area contributed by atoms with Crippen LogP contribution >= 0.6 is 0 Å². The van der Waals surface area contributed by atoms with E-state index >= 15 is 0 Å². The fourth-order valence-electron chi connectivity index (χ4n) is 3.02. The third-order valence-corrected chi connectivity index (χ3v) is 3.83. The second kappa shape index (κ2) is 4.62. The lowest BCUT2D eigenvalue weighted by Crippen LogP contribution is -2.04. The molecule has 3 N–H and O–H groups in total. The Morgan fingerprint density at radius 2 is 1.76 bits per heavy atom. The van der Waals surface area contributed by atoms with Gasteiger partial charge in [-0.15, -0.1) is 0 Å². The summed E-state index contributed by atoms with van der Waals surface area (Å²) in [6, 6.07) is 4.34. The van der Waals surface area contributed by atoms with Gasteiger partial charge in [0.25, 0.3) is 0 Å². The first-order valence-electron chi connectivity index (χ1n) is 7.20. The smallest absolute Gasteiger partial charge is 0.186 e. The maximum atomic E-state index is 6.04. The third-order valence-electron chi connectivity index (χ3n) is 3.83. The fraction of sp³-hybridized carbons (Fsp3) is 0.375. The molecule has 0 aliphatic carbocycles. The summed E-state index contributed by atoms with van der Waals surface area (Å²) in [4.78, 5) is 0. The predicted molar refractivity (Wildman–Crippen MR) is 85.9 cm³/mol. The van der Waals surface area contributed by atoms with E-state index in [0.717, 1.165) is 22.4 Å². The number of rotatable bonds is 2. The van der Waals surface area contributed by atoms with Gasteiger partial charge in [0.1, 0.15) is 5.82 Å². The fourth-order valence-corrected chi connectivity index (χ4v) is 3.02. The van der Waals surface area contributed by atoms with Crippen LogP contribution in [-0.2, 0) is 0 Å². The van der Waals surface area contributed by atoms with Crippen LogP contribution in [0.2, 0.25) is 0 Å². The highest BCUT2D eigenvalue weighted by Crippen LogP contribution is 2.31. The molecule has 21 heavy (non-hydrogen) atoms. The highest BCUT2D eigenvalue weighted by molar-refractivity contribution is 5.90. The minimum atomic E-state index is 0.291. The Bertz CT molecular complexity index is 800. The molecule has 0 saturated heterocycles. The van der Waals surface area contributed by atoms with Crippen LogP contribution in [0.4, 0.5) is 5.82 Å². The second-order valence-corrected chi connectivity index (χ2v) is 6.03. The van der Waals surface area contributed by atoms with Crippen molar-refractivity contribution in [2.75, 3.05) is 5.73 Å². The summed E-state index contributed by atoms with van der Waals surface area (Å²) in [6.07, 6.45) is 0. The average Bonchev–Trinajstić information content (AvgIpc) is 2.91. The normalized spacial score (nSPS) is 11.7. The number of H-pyrrole nitrogens is 1. The molecule has 3 rings (SSSR count). The molecule has 110 valence electrons. The summed E-state index contributed by atoms with van der Waals surface area (Å²) in [5.41, 5.74) is 12.5. The van der Waals surface area contributed by atoms with Crippen molar-refractivity contribution in [3.8, 4) is 5.69 Å². The number of nitrogen functional groups attached to an aromatic ring is 1. The van der Waals surface area contributed by atoms with E-state index in [4.69, 9.17) is 10.8 Å². The SMILES string of the molecule is Cc1cc(C)c(-n2nc(C(C)C)c3c(N)[nH]nc32)c(C)c1. The molecule has 2 aromatic heterocycles. The van der Waals surface area contributed by atoms with E-state index < -0.39 is 0 Å². The zero-order chi connectivity index (χ0) is 15.3. The van der Waals surface area contributed by atoms with Gasteiger partial charge in [-0.1, -0.05) is 31.5 Å². The van der Waals surface area contributed by atoms with Crippen LogP contribution in [0.1, 0.15) is 42.1 Å². The molecule has 5 nitrogen and oxygen atoms in total. The van der Waals surface area contributed by atoms with E-state index in [1.54, 1.807) is 0 Å². The van der Waals surface area contributed by atoms with Crippen LogP contribution < -0.4 is 5.73 Å². The van der Waals surface area contributed by atoms with E-state index in [1.807, 2.05) is 4.68 Å². The Balaban J connectivity index is 2.37. The van der Waals surface area contributed by atoms with E-state index in [2.05, 4.69) is 56.9 Å². The molecule has 0 fully saturated rings. The van der Waals surface area contributed by atoms with Crippen molar-refractivity contribution in [2.45, 2.75) is 40.5 Å². The number of aryl methyl sites for hydroxylation is 3. The zero-order valence-electron chi connectivity index (χ0n) is 13.2. The van der Waals surface area contributed by atoms with Crippen molar-refractivity contribution < 1.29 is 0 Å². The molecule has 0 amide bonds. The molecule has 0 aliphatic heterocycles. The van der Waals surface area contributed by atoms with Gasteiger partial charge in [0.15, 0.2) is 5.65 Å². The first kappa shape index (κ1) is 13.7. The number of hydrogen-bond acceptors (Lipinski definition) is 3. The molecule has 0 unspecified atom stereocenters. The number of hydrogen-bond donors (Lipinski definition) is 2. The van der Waals surface area contributed by atoms with Gasteiger partial charge in [0.2, 0.25) is 0 Å². The van der Waals surface area contributed by atoms with Gasteiger partial charge in [0, 0.05) is 0 Å². The molecular formula is C16H21N5. The number of aromatic amines is 1. The molecule has 0 atom stereocenters. The standard InChI is InChI=1S/C16H21N5/c1-8(2)13-12-15(17)18-19-16(12)21(20-13)14-10(4)6-9(3)7-11(14)5/h6-8H,1-5H3,(H3,17,18,19). The van der Waals surface area contributed by atoms with Gasteiger partial charge in [-0.2, -0.15) is 10.2 Å². The summed E-state index contributed by atoms with van der Waals surface area (Å²) in [7, 11) is 0. The lowest BCUT2D eigenvalue weighted by molar-refractivity contribution is 0.767. The summed E-state index contributed by atoms with van der Waals surface area (Å²) in [6.45, 7) is 10.6. The Hall–Kier alpha value is -2.30. The highest BCUT2D eigenvalue weighted by atomic mass is 15.4. The Kier molecular flexibility index (Phi) is 3.01. The Labute approximate surface area is 124 Å². The molecule has 0 saturated carbocycles. The lowest BCUT2D eigenvalue weighted by Gasteiger charge is -2.11. The number of nitrogens with two attached hydrogens (primary N) is 1. The number of aromatic nitrogens is 4. The van der Waals surface area contributed by atoms with Crippen LogP contribution in [0.3, 0.4) is 0 Å². The van der Waals surface area contributed by atoms with Crippen molar-refractivity contribution in [3.63, 3.8) is 0 Å². The second-order valence-electron chi connectivity index (χ2n) is 6.03. The van der Waals surface area contributed by atoms with Gasteiger partial charge < -0.3 is 5.73 Å². The topological polar surface area (TPSA) is 72.5 Å². The molecule has 0 spiro atoms. The van der Waals surface area contributed by atoms with Crippen LogP contribution in [0.25, 0.3) is 16.7 Å². The number of nitrogens with zero attached hydrogens (tertiary/aromatic N) is 3. The lowest BCUT2D eigenvalue weighted by atomic mass is 10.1. The van der Waals surface area contributed by atoms with Crippen molar-refractivity contribution in [3.05, 3.63) is 34.5 Å². The molecule has 5 heteroatoms. The maximum Gasteiger partial charge on any atom is 0.186 e.